The Morgan fingerprint density at radius 3 is 2.55 bits per heavy atom. The Labute approximate surface area is 170 Å². The second kappa shape index (κ2) is 8.41. The van der Waals surface area contributed by atoms with Crippen molar-refractivity contribution < 1.29 is 29.0 Å². The molecular formula is C21H28N2O6. The van der Waals surface area contributed by atoms with Crippen LogP contribution in [-0.4, -0.2) is 71.3 Å². The summed E-state index contributed by atoms with van der Waals surface area (Å²) in [5.41, 5.74) is -0.670. The van der Waals surface area contributed by atoms with Gasteiger partial charge in [-0.05, 0) is 24.1 Å². The van der Waals surface area contributed by atoms with E-state index < -0.39 is 23.6 Å². The Kier molecular flexibility index (Phi) is 6.12. The number of benzene rings is 1. The fraction of sp³-hybridized carbons (Fsp3) is 0.571. The number of carboxylic acids is 1. The molecule has 8 nitrogen and oxygen atoms in total. The molecule has 8 heteroatoms. The summed E-state index contributed by atoms with van der Waals surface area (Å²) >= 11 is 0. The minimum absolute atomic E-state index is 0.0645. The number of hydrogen-bond acceptors (Lipinski definition) is 5. The van der Waals surface area contributed by atoms with Crippen LogP contribution in [0, 0.1) is 5.92 Å². The van der Waals surface area contributed by atoms with Crippen LogP contribution in [0.5, 0.6) is 5.75 Å². The Balaban J connectivity index is 1.83. The van der Waals surface area contributed by atoms with Gasteiger partial charge < -0.3 is 19.5 Å². The van der Waals surface area contributed by atoms with Gasteiger partial charge in [0.15, 0.2) is 6.04 Å². The first-order chi connectivity index (χ1) is 13.8. The summed E-state index contributed by atoms with van der Waals surface area (Å²) < 4.78 is 11.1. The predicted octanol–water partition coefficient (Wildman–Crippen LogP) is 1.99. The molecule has 2 fully saturated rings. The van der Waals surface area contributed by atoms with E-state index in [0.717, 1.165) is 0 Å². The molecule has 29 heavy (non-hydrogen) atoms. The molecule has 1 atom stereocenters. The Morgan fingerprint density at radius 2 is 1.97 bits per heavy atom. The Morgan fingerprint density at radius 1 is 1.28 bits per heavy atom. The molecule has 3 rings (SSSR count). The van der Waals surface area contributed by atoms with E-state index >= 15 is 0 Å². The molecule has 0 saturated carbocycles. The van der Waals surface area contributed by atoms with Crippen molar-refractivity contribution in [2.75, 3.05) is 26.8 Å². The number of piperidine rings is 1. The summed E-state index contributed by atoms with van der Waals surface area (Å²) in [6.07, 6.45) is 1.24. The fourth-order valence-corrected chi connectivity index (χ4v) is 4.03. The van der Waals surface area contributed by atoms with Crippen LogP contribution < -0.4 is 4.74 Å². The molecule has 1 spiro atoms. The van der Waals surface area contributed by atoms with Crippen LogP contribution in [0.15, 0.2) is 24.3 Å². The molecule has 0 radical (unpaired) electrons. The second-order valence-corrected chi connectivity index (χ2v) is 8.00. The van der Waals surface area contributed by atoms with Gasteiger partial charge in [0.1, 0.15) is 11.5 Å². The van der Waals surface area contributed by atoms with Crippen LogP contribution >= 0.6 is 0 Å². The number of methoxy groups -OCH3 is 1. The molecule has 2 aliphatic heterocycles. The lowest BCUT2D eigenvalue weighted by molar-refractivity contribution is -0.148. The van der Waals surface area contributed by atoms with Crippen molar-refractivity contribution in [3.05, 3.63) is 29.8 Å². The highest BCUT2D eigenvalue weighted by molar-refractivity contribution is 5.97. The van der Waals surface area contributed by atoms with Crippen molar-refractivity contribution in [3.8, 4) is 5.75 Å². The molecule has 2 saturated heterocycles. The molecule has 0 aromatic heterocycles. The van der Waals surface area contributed by atoms with E-state index in [2.05, 4.69) is 0 Å². The number of aliphatic carboxylic acids is 1. The number of amides is 2. The molecule has 1 aromatic carbocycles. The molecule has 1 aromatic rings. The molecule has 2 heterocycles. The minimum atomic E-state index is -1.10. The maximum Gasteiger partial charge on any atom is 0.328 e. The highest BCUT2D eigenvalue weighted by Crippen LogP contribution is 2.39. The number of carboxylic acid groups (broad SMARTS) is 1. The number of carbonyl (C=O) groups is 3. The lowest BCUT2D eigenvalue weighted by Gasteiger charge is -2.44. The van der Waals surface area contributed by atoms with E-state index in [1.165, 1.54) is 12.0 Å². The Hall–Kier alpha value is -2.61. The third-order valence-electron chi connectivity index (χ3n) is 5.56. The van der Waals surface area contributed by atoms with E-state index in [9.17, 15) is 19.5 Å². The van der Waals surface area contributed by atoms with Gasteiger partial charge in [0.05, 0.1) is 13.7 Å². The van der Waals surface area contributed by atoms with Crippen molar-refractivity contribution >= 4 is 17.8 Å². The van der Waals surface area contributed by atoms with Crippen LogP contribution in [0.25, 0.3) is 0 Å². The van der Waals surface area contributed by atoms with Gasteiger partial charge in [-0.2, -0.15) is 0 Å². The maximum atomic E-state index is 13.3. The van der Waals surface area contributed by atoms with E-state index in [0.29, 0.717) is 43.7 Å². The van der Waals surface area contributed by atoms with Gasteiger partial charge >= 0.3 is 5.97 Å². The van der Waals surface area contributed by atoms with Crippen LogP contribution in [0.3, 0.4) is 0 Å². The van der Waals surface area contributed by atoms with Gasteiger partial charge in [0.2, 0.25) is 5.91 Å². The topological polar surface area (TPSA) is 96.4 Å². The van der Waals surface area contributed by atoms with Crippen molar-refractivity contribution in [3.63, 3.8) is 0 Å². The second-order valence-electron chi connectivity index (χ2n) is 8.00. The summed E-state index contributed by atoms with van der Waals surface area (Å²) in [7, 11) is 1.51. The van der Waals surface area contributed by atoms with Crippen LogP contribution in [0.1, 0.15) is 43.5 Å². The maximum absolute atomic E-state index is 13.3. The SMILES string of the molecule is COc1cccc(C(=O)N2[C@@H](C(=O)O)COC23CCN(C(=O)CC(C)C)CC3)c1. The molecule has 0 unspecified atom stereocenters. The molecule has 158 valence electrons. The van der Waals surface area contributed by atoms with Crippen LogP contribution in [-0.2, 0) is 14.3 Å². The van der Waals surface area contributed by atoms with Gasteiger partial charge in [0, 0.05) is 37.9 Å². The average molecular weight is 404 g/mol. The standard InChI is InChI=1S/C21H28N2O6/c1-14(2)11-18(24)22-9-7-21(8-10-22)23(17(13-29-21)20(26)27)19(25)15-5-4-6-16(12-15)28-3/h4-6,12,14,17H,7-11,13H2,1-3H3,(H,26,27)/t17-/m1/s1. The zero-order chi connectivity index (χ0) is 21.2. The van der Waals surface area contributed by atoms with E-state index in [-0.39, 0.29) is 18.4 Å². The largest absolute Gasteiger partial charge is 0.497 e. The average Bonchev–Trinajstić information content (AvgIpc) is 3.06. The van der Waals surface area contributed by atoms with Gasteiger partial charge in [-0.1, -0.05) is 19.9 Å². The van der Waals surface area contributed by atoms with Crippen molar-refractivity contribution in [2.24, 2.45) is 5.92 Å². The number of rotatable bonds is 5. The number of ether oxygens (including phenoxy) is 2. The fourth-order valence-electron chi connectivity index (χ4n) is 4.03. The highest BCUT2D eigenvalue weighted by atomic mass is 16.5. The van der Waals surface area contributed by atoms with Crippen molar-refractivity contribution in [2.45, 2.75) is 44.9 Å². The highest BCUT2D eigenvalue weighted by Gasteiger charge is 2.54. The number of likely N-dealkylation sites (tertiary alicyclic amines) is 1. The number of carbonyl (C=O) groups excluding carboxylic acids is 2. The first kappa shape index (κ1) is 21.1. The zero-order valence-corrected chi connectivity index (χ0v) is 17.1. The third kappa shape index (κ3) is 4.22. The Bertz CT molecular complexity index is 785. The van der Waals surface area contributed by atoms with Gasteiger partial charge in [-0.3, -0.25) is 14.5 Å². The molecule has 2 aliphatic rings. The van der Waals surface area contributed by atoms with E-state index in [4.69, 9.17) is 9.47 Å². The third-order valence-corrected chi connectivity index (χ3v) is 5.56. The normalized spacial score (nSPS) is 20.9. The molecule has 2 amide bonds. The molecule has 0 aliphatic carbocycles. The van der Waals surface area contributed by atoms with Gasteiger partial charge in [-0.25, -0.2) is 4.79 Å². The van der Waals surface area contributed by atoms with Gasteiger partial charge in [-0.15, -0.1) is 0 Å². The van der Waals surface area contributed by atoms with E-state index in [1.807, 2.05) is 13.8 Å². The summed E-state index contributed by atoms with van der Waals surface area (Å²) in [6.45, 7) is 4.79. The van der Waals surface area contributed by atoms with Gasteiger partial charge in [0.25, 0.3) is 5.91 Å². The lowest BCUT2D eigenvalue weighted by atomic mass is 9.96. The smallest absolute Gasteiger partial charge is 0.328 e. The summed E-state index contributed by atoms with van der Waals surface area (Å²) in [6, 6.07) is 5.58. The van der Waals surface area contributed by atoms with Crippen molar-refractivity contribution in [1.29, 1.82) is 0 Å². The quantitative estimate of drug-likeness (QED) is 0.806. The van der Waals surface area contributed by atoms with Crippen LogP contribution in [0.2, 0.25) is 0 Å². The minimum Gasteiger partial charge on any atom is -0.497 e. The van der Waals surface area contributed by atoms with Crippen LogP contribution in [0.4, 0.5) is 0 Å². The monoisotopic (exact) mass is 404 g/mol. The van der Waals surface area contributed by atoms with Crippen molar-refractivity contribution in [1.82, 2.24) is 9.80 Å². The lowest BCUT2D eigenvalue weighted by Crippen LogP contribution is -2.58. The molecule has 1 N–H and O–H groups in total. The van der Waals surface area contributed by atoms with E-state index in [1.54, 1.807) is 29.2 Å². The first-order valence-electron chi connectivity index (χ1n) is 9.89. The summed E-state index contributed by atoms with van der Waals surface area (Å²) in [5, 5.41) is 9.67. The molecule has 0 bridgehead atoms. The number of hydrogen-bond donors (Lipinski definition) is 1. The summed E-state index contributed by atoms with van der Waals surface area (Å²) in [4.78, 5) is 40.7. The molecular weight excluding hydrogens is 376 g/mol. The summed E-state index contributed by atoms with van der Waals surface area (Å²) in [5.74, 6) is -0.643. The zero-order valence-electron chi connectivity index (χ0n) is 17.1. The predicted molar refractivity (Wildman–Crippen MR) is 105 cm³/mol. The number of nitrogens with zero attached hydrogens (tertiary/aromatic N) is 2. The first-order valence-corrected chi connectivity index (χ1v) is 9.89.